The van der Waals surface area contributed by atoms with Gasteiger partial charge in [-0.2, -0.15) is 0 Å². The lowest BCUT2D eigenvalue weighted by Gasteiger charge is -2.28. The Bertz CT molecular complexity index is 233. The third-order valence-corrected chi connectivity index (χ3v) is 3.16. The zero-order valence-corrected chi connectivity index (χ0v) is 9.50. The number of carbonyl (C=O) groups excluding carboxylic acids is 1. The summed E-state index contributed by atoms with van der Waals surface area (Å²) in [4.78, 5) is 11.8. The molecule has 0 radical (unpaired) electrons. The highest BCUT2D eigenvalue weighted by atomic mass is 16.5. The first-order valence-corrected chi connectivity index (χ1v) is 5.78. The summed E-state index contributed by atoms with van der Waals surface area (Å²) in [5, 5.41) is 0. The maximum Gasteiger partial charge on any atom is 0.162 e. The zero-order chi connectivity index (χ0) is 11.1. The lowest BCUT2D eigenvalue weighted by atomic mass is 9.83. The van der Waals surface area contributed by atoms with Gasteiger partial charge in [-0.3, -0.25) is 4.79 Å². The number of methoxy groups -OCH3 is 1. The molecule has 1 atom stereocenters. The Hall–Kier alpha value is -0.810. The molecule has 0 aromatic heterocycles. The average Bonchev–Trinajstić information content (AvgIpc) is 2.29. The van der Waals surface area contributed by atoms with Gasteiger partial charge >= 0.3 is 0 Å². The molecule has 0 heterocycles. The lowest BCUT2D eigenvalue weighted by Crippen LogP contribution is -2.32. The van der Waals surface area contributed by atoms with Crippen LogP contribution < -0.4 is 0 Å². The Balaban J connectivity index is 2.46. The average molecular weight is 208 g/mol. The van der Waals surface area contributed by atoms with Crippen LogP contribution in [0.3, 0.4) is 0 Å². The van der Waals surface area contributed by atoms with Crippen molar-refractivity contribution >= 4 is 5.78 Å². The van der Waals surface area contributed by atoms with E-state index in [1.807, 2.05) is 0 Å². The van der Waals surface area contributed by atoms with Crippen molar-refractivity contribution in [2.75, 3.05) is 7.11 Å². The summed E-state index contributed by atoms with van der Waals surface area (Å²) >= 11 is 0. The normalized spacial score (nSPS) is 19.5. The minimum atomic E-state index is -0.210. The second-order valence-electron chi connectivity index (χ2n) is 4.22. The number of carbonyl (C=O) groups is 1. The highest BCUT2D eigenvalue weighted by Gasteiger charge is 2.28. The second kappa shape index (κ2) is 6.63. The van der Waals surface area contributed by atoms with Gasteiger partial charge in [0.05, 0.1) is 0 Å². The van der Waals surface area contributed by atoms with Crippen LogP contribution in [-0.2, 0) is 9.53 Å². The van der Waals surface area contributed by atoms with Gasteiger partial charge in [0, 0.05) is 20.0 Å². The number of terminal acetylenes is 1. The number of ketones is 1. The van der Waals surface area contributed by atoms with Crippen LogP contribution >= 0.6 is 0 Å². The van der Waals surface area contributed by atoms with Crippen LogP contribution in [0.4, 0.5) is 0 Å². The van der Waals surface area contributed by atoms with Crippen molar-refractivity contribution in [2.45, 2.75) is 51.0 Å². The van der Waals surface area contributed by atoms with Crippen LogP contribution in [0, 0.1) is 18.3 Å². The predicted octanol–water partition coefficient (Wildman–Crippen LogP) is 2.56. The van der Waals surface area contributed by atoms with E-state index in [0.717, 1.165) is 12.8 Å². The van der Waals surface area contributed by atoms with E-state index in [2.05, 4.69) is 5.92 Å². The maximum absolute atomic E-state index is 11.8. The molecular weight excluding hydrogens is 188 g/mol. The summed E-state index contributed by atoms with van der Waals surface area (Å²) in [5.74, 6) is 3.11. The number of rotatable bonds is 5. The maximum atomic E-state index is 11.8. The molecule has 0 saturated heterocycles. The van der Waals surface area contributed by atoms with Crippen LogP contribution in [0.1, 0.15) is 44.9 Å². The van der Waals surface area contributed by atoms with E-state index < -0.39 is 0 Å². The summed E-state index contributed by atoms with van der Waals surface area (Å²) in [6.45, 7) is 0. The molecule has 0 spiro atoms. The number of Topliss-reactive ketones (excluding diaryl/α,β-unsaturated/α-hetero) is 1. The van der Waals surface area contributed by atoms with E-state index in [1.54, 1.807) is 7.11 Å². The number of ether oxygens (including phenoxy) is 1. The fourth-order valence-corrected chi connectivity index (χ4v) is 2.36. The topological polar surface area (TPSA) is 26.3 Å². The fourth-order valence-electron chi connectivity index (χ4n) is 2.36. The summed E-state index contributed by atoms with van der Waals surface area (Å²) in [6, 6.07) is 0. The third kappa shape index (κ3) is 3.68. The molecule has 1 aliphatic carbocycles. The molecule has 1 aliphatic rings. The van der Waals surface area contributed by atoms with Gasteiger partial charge in [0.2, 0.25) is 0 Å². The minimum Gasteiger partial charge on any atom is -0.373 e. The molecule has 84 valence electrons. The van der Waals surface area contributed by atoms with E-state index in [9.17, 15) is 4.79 Å². The Morgan fingerprint density at radius 2 is 2.13 bits per heavy atom. The minimum absolute atomic E-state index is 0.183. The third-order valence-electron chi connectivity index (χ3n) is 3.16. The van der Waals surface area contributed by atoms with E-state index in [1.165, 1.54) is 19.3 Å². The smallest absolute Gasteiger partial charge is 0.162 e. The fraction of sp³-hybridized carbons (Fsp3) is 0.769. The number of hydrogen-bond donors (Lipinski definition) is 0. The Morgan fingerprint density at radius 3 is 2.67 bits per heavy atom. The quantitative estimate of drug-likeness (QED) is 0.649. The SMILES string of the molecule is C#CCCC(=O)C(OC)C1CCCCC1. The highest BCUT2D eigenvalue weighted by Crippen LogP contribution is 2.28. The van der Waals surface area contributed by atoms with Crippen molar-refractivity contribution in [3.63, 3.8) is 0 Å². The summed E-state index contributed by atoms with van der Waals surface area (Å²) in [6.07, 6.45) is 11.9. The predicted molar refractivity (Wildman–Crippen MR) is 60.4 cm³/mol. The van der Waals surface area contributed by atoms with Gasteiger partial charge in [0.1, 0.15) is 6.10 Å². The van der Waals surface area contributed by atoms with Gasteiger partial charge in [-0.1, -0.05) is 19.3 Å². The molecule has 15 heavy (non-hydrogen) atoms. The Morgan fingerprint density at radius 1 is 1.47 bits per heavy atom. The Labute approximate surface area is 92.4 Å². The first-order valence-electron chi connectivity index (χ1n) is 5.78. The van der Waals surface area contributed by atoms with E-state index >= 15 is 0 Å². The molecular formula is C13H20O2. The van der Waals surface area contributed by atoms with Crippen LogP contribution in [0.5, 0.6) is 0 Å². The highest BCUT2D eigenvalue weighted by molar-refractivity contribution is 5.83. The molecule has 0 aromatic carbocycles. The van der Waals surface area contributed by atoms with Crippen molar-refractivity contribution in [1.29, 1.82) is 0 Å². The Kier molecular flexibility index (Phi) is 5.42. The van der Waals surface area contributed by atoms with Gasteiger partial charge in [-0.25, -0.2) is 0 Å². The van der Waals surface area contributed by atoms with Gasteiger partial charge in [0.25, 0.3) is 0 Å². The molecule has 0 aromatic rings. The molecule has 1 unspecified atom stereocenters. The largest absolute Gasteiger partial charge is 0.373 e. The zero-order valence-electron chi connectivity index (χ0n) is 9.50. The summed E-state index contributed by atoms with van der Waals surface area (Å²) < 4.78 is 5.33. The molecule has 2 heteroatoms. The monoisotopic (exact) mass is 208 g/mol. The molecule has 0 amide bonds. The van der Waals surface area contributed by atoms with Crippen molar-refractivity contribution in [3.8, 4) is 12.3 Å². The standard InChI is InChI=1S/C13H20O2/c1-3-4-10-12(14)13(15-2)11-8-6-5-7-9-11/h1,11,13H,4-10H2,2H3. The van der Waals surface area contributed by atoms with E-state index in [4.69, 9.17) is 11.2 Å². The van der Waals surface area contributed by atoms with Crippen molar-refractivity contribution in [1.82, 2.24) is 0 Å². The summed E-state index contributed by atoms with van der Waals surface area (Å²) in [5.41, 5.74) is 0. The first-order chi connectivity index (χ1) is 7.29. The van der Waals surface area contributed by atoms with Crippen LogP contribution in [0.15, 0.2) is 0 Å². The molecule has 1 fully saturated rings. The van der Waals surface area contributed by atoms with Crippen LogP contribution in [0.2, 0.25) is 0 Å². The van der Waals surface area contributed by atoms with Crippen LogP contribution in [0.25, 0.3) is 0 Å². The summed E-state index contributed by atoms with van der Waals surface area (Å²) in [7, 11) is 1.63. The number of hydrogen-bond acceptors (Lipinski definition) is 2. The van der Waals surface area contributed by atoms with Crippen LogP contribution in [-0.4, -0.2) is 19.0 Å². The second-order valence-corrected chi connectivity index (χ2v) is 4.22. The molecule has 1 rings (SSSR count). The van der Waals surface area contributed by atoms with Crippen molar-refractivity contribution in [3.05, 3.63) is 0 Å². The first kappa shape index (κ1) is 12.3. The van der Waals surface area contributed by atoms with Gasteiger partial charge in [0.15, 0.2) is 5.78 Å². The van der Waals surface area contributed by atoms with E-state index in [0.29, 0.717) is 18.8 Å². The molecule has 2 nitrogen and oxygen atoms in total. The van der Waals surface area contributed by atoms with Gasteiger partial charge in [-0.15, -0.1) is 12.3 Å². The lowest BCUT2D eigenvalue weighted by molar-refractivity contribution is -0.132. The van der Waals surface area contributed by atoms with Gasteiger partial charge in [-0.05, 0) is 18.8 Å². The van der Waals surface area contributed by atoms with Crippen molar-refractivity contribution < 1.29 is 9.53 Å². The molecule has 0 aliphatic heterocycles. The van der Waals surface area contributed by atoms with Crippen molar-refractivity contribution in [2.24, 2.45) is 5.92 Å². The molecule has 1 saturated carbocycles. The van der Waals surface area contributed by atoms with Gasteiger partial charge < -0.3 is 4.74 Å². The molecule has 0 N–H and O–H groups in total. The molecule has 0 bridgehead atoms. The van der Waals surface area contributed by atoms with E-state index in [-0.39, 0.29) is 11.9 Å².